The largest absolute Gasteiger partial charge is 0.409 e. The molecule has 0 saturated carbocycles. The first-order valence-corrected chi connectivity index (χ1v) is 6.10. The molecule has 0 aliphatic heterocycles. The van der Waals surface area contributed by atoms with Crippen molar-refractivity contribution in [3.63, 3.8) is 0 Å². The van der Waals surface area contributed by atoms with Crippen LogP contribution in [-0.2, 0) is 4.79 Å². The molecule has 0 aromatic carbocycles. The molecule has 1 unspecified atom stereocenters. The number of hydrogen-bond donors (Lipinski definition) is 3. The molecule has 0 spiro atoms. The molecule has 1 amide bonds. The van der Waals surface area contributed by atoms with Crippen LogP contribution in [0.1, 0.15) is 31.7 Å². The molecule has 17 heavy (non-hydrogen) atoms. The van der Waals surface area contributed by atoms with Crippen LogP contribution >= 0.6 is 11.3 Å². The lowest BCUT2D eigenvalue weighted by Crippen LogP contribution is -2.46. The molecule has 0 saturated heterocycles. The normalized spacial score (nSPS) is 14.4. The van der Waals surface area contributed by atoms with E-state index >= 15 is 0 Å². The standard InChI is InChI=1S/C11H17N3O2S/c1-7(8-5-4-6-17-8)13-10(15)11(2,3)9(12)14-16/h4-7,16H,1-3H3,(H2,12,14)(H,13,15). The van der Waals surface area contributed by atoms with Gasteiger partial charge in [-0.3, -0.25) is 4.79 Å². The molecule has 4 N–H and O–H groups in total. The van der Waals surface area contributed by atoms with Gasteiger partial charge in [-0.25, -0.2) is 0 Å². The molecule has 0 fully saturated rings. The molecule has 1 aromatic rings. The van der Waals surface area contributed by atoms with Crippen LogP contribution < -0.4 is 11.1 Å². The lowest BCUT2D eigenvalue weighted by molar-refractivity contribution is -0.127. The third-order valence-corrected chi connectivity index (χ3v) is 3.69. The highest BCUT2D eigenvalue weighted by Gasteiger charge is 2.33. The quantitative estimate of drug-likeness (QED) is 0.331. The minimum absolute atomic E-state index is 0.0896. The number of nitrogens with one attached hydrogen (secondary N) is 1. The van der Waals surface area contributed by atoms with Crippen molar-refractivity contribution in [2.24, 2.45) is 16.3 Å². The Morgan fingerprint density at radius 2 is 2.29 bits per heavy atom. The van der Waals surface area contributed by atoms with Crippen LogP contribution in [0.15, 0.2) is 22.7 Å². The van der Waals surface area contributed by atoms with Crippen molar-refractivity contribution in [1.29, 1.82) is 0 Å². The van der Waals surface area contributed by atoms with E-state index in [1.165, 1.54) is 0 Å². The molecule has 1 aromatic heterocycles. The van der Waals surface area contributed by atoms with Gasteiger partial charge in [0.2, 0.25) is 5.91 Å². The molecule has 1 rings (SSSR count). The molecular weight excluding hydrogens is 238 g/mol. The predicted molar refractivity (Wildman–Crippen MR) is 68.1 cm³/mol. The second kappa shape index (κ2) is 5.18. The highest BCUT2D eigenvalue weighted by Crippen LogP contribution is 2.21. The van der Waals surface area contributed by atoms with Gasteiger partial charge in [0.25, 0.3) is 0 Å². The Kier molecular flexibility index (Phi) is 4.11. The highest BCUT2D eigenvalue weighted by atomic mass is 32.1. The average molecular weight is 255 g/mol. The van der Waals surface area contributed by atoms with E-state index in [4.69, 9.17) is 10.9 Å². The van der Waals surface area contributed by atoms with Crippen LogP contribution in [0.25, 0.3) is 0 Å². The highest BCUT2D eigenvalue weighted by molar-refractivity contribution is 7.10. The van der Waals surface area contributed by atoms with Gasteiger partial charge >= 0.3 is 0 Å². The summed E-state index contributed by atoms with van der Waals surface area (Å²) in [5, 5.41) is 16.3. The maximum atomic E-state index is 12.0. The predicted octanol–water partition coefficient (Wildman–Crippen LogP) is 1.70. The van der Waals surface area contributed by atoms with Gasteiger partial charge in [-0.15, -0.1) is 11.3 Å². The monoisotopic (exact) mass is 255 g/mol. The lowest BCUT2D eigenvalue weighted by atomic mass is 9.90. The Bertz CT molecular complexity index is 412. The summed E-state index contributed by atoms with van der Waals surface area (Å²) in [5.74, 6) is -0.373. The van der Waals surface area contributed by atoms with Gasteiger partial charge in [0.15, 0.2) is 5.84 Å². The molecule has 5 nitrogen and oxygen atoms in total. The van der Waals surface area contributed by atoms with Gasteiger partial charge in [0.1, 0.15) is 5.41 Å². The molecule has 0 aliphatic carbocycles. The summed E-state index contributed by atoms with van der Waals surface area (Å²) in [6, 6.07) is 3.79. The van der Waals surface area contributed by atoms with Crippen molar-refractivity contribution >= 4 is 23.1 Å². The number of carbonyl (C=O) groups is 1. The summed E-state index contributed by atoms with van der Waals surface area (Å²) in [7, 11) is 0. The molecule has 1 heterocycles. The van der Waals surface area contributed by atoms with Gasteiger partial charge in [0.05, 0.1) is 6.04 Å². The Hall–Kier alpha value is -1.56. The van der Waals surface area contributed by atoms with E-state index in [-0.39, 0.29) is 17.8 Å². The molecule has 6 heteroatoms. The second-order valence-electron chi connectivity index (χ2n) is 4.32. The fourth-order valence-electron chi connectivity index (χ4n) is 1.23. The lowest BCUT2D eigenvalue weighted by Gasteiger charge is -2.24. The number of nitrogens with zero attached hydrogens (tertiary/aromatic N) is 1. The fraction of sp³-hybridized carbons (Fsp3) is 0.455. The van der Waals surface area contributed by atoms with Crippen LogP contribution in [0.3, 0.4) is 0 Å². The van der Waals surface area contributed by atoms with E-state index in [2.05, 4.69) is 10.5 Å². The maximum absolute atomic E-state index is 12.0. The van der Waals surface area contributed by atoms with Gasteiger partial charge in [-0.2, -0.15) is 0 Å². The van der Waals surface area contributed by atoms with E-state index in [0.29, 0.717) is 0 Å². The molecule has 0 bridgehead atoms. The minimum atomic E-state index is -1.03. The van der Waals surface area contributed by atoms with E-state index in [1.54, 1.807) is 25.2 Å². The number of oxime groups is 1. The zero-order valence-electron chi connectivity index (χ0n) is 10.1. The molecule has 0 aliphatic rings. The van der Waals surface area contributed by atoms with E-state index < -0.39 is 5.41 Å². The first kappa shape index (κ1) is 13.5. The van der Waals surface area contributed by atoms with Crippen molar-refractivity contribution in [3.8, 4) is 0 Å². The van der Waals surface area contributed by atoms with Gasteiger partial charge in [-0.1, -0.05) is 11.2 Å². The Morgan fingerprint density at radius 1 is 1.65 bits per heavy atom. The Morgan fingerprint density at radius 3 is 2.76 bits per heavy atom. The average Bonchev–Trinajstić information content (AvgIpc) is 2.81. The van der Waals surface area contributed by atoms with Crippen LogP contribution in [0.4, 0.5) is 0 Å². The van der Waals surface area contributed by atoms with Gasteiger partial charge in [0, 0.05) is 4.88 Å². The number of hydrogen-bond acceptors (Lipinski definition) is 4. The van der Waals surface area contributed by atoms with E-state index in [9.17, 15) is 4.79 Å². The molecule has 94 valence electrons. The maximum Gasteiger partial charge on any atom is 0.233 e. The first-order valence-electron chi connectivity index (χ1n) is 5.22. The van der Waals surface area contributed by atoms with Crippen LogP contribution in [-0.4, -0.2) is 17.0 Å². The summed E-state index contributed by atoms with van der Waals surface area (Å²) in [5.41, 5.74) is 4.46. The number of nitrogens with two attached hydrogens (primary N) is 1. The van der Waals surface area contributed by atoms with Crippen molar-refractivity contribution in [3.05, 3.63) is 22.4 Å². The Labute approximate surface area is 104 Å². The number of rotatable bonds is 4. The third-order valence-electron chi connectivity index (χ3n) is 2.63. The van der Waals surface area contributed by atoms with Gasteiger partial charge in [-0.05, 0) is 32.2 Å². The molecule has 1 atom stereocenters. The molecule has 0 radical (unpaired) electrons. The topological polar surface area (TPSA) is 87.7 Å². The van der Waals surface area contributed by atoms with Crippen molar-refractivity contribution in [2.75, 3.05) is 0 Å². The smallest absolute Gasteiger partial charge is 0.233 e. The van der Waals surface area contributed by atoms with Crippen LogP contribution in [0.5, 0.6) is 0 Å². The zero-order chi connectivity index (χ0) is 13.1. The second-order valence-corrected chi connectivity index (χ2v) is 5.30. The van der Waals surface area contributed by atoms with Crippen molar-refractivity contribution in [2.45, 2.75) is 26.8 Å². The summed E-state index contributed by atoms with van der Waals surface area (Å²) in [4.78, 5) is 13.1. The fourth-order valence-corrected chi connectivity index (χ4v) is 1.96. The van der Waals surface area contributed by atoms with Crippen molar-refractivity contribution < 1.29 is 10.0 Å². The first-order chi connectivity index (χ1) is 7.89. The van der Waals surface area contributed by atoms with Crippen LogP contribution in [0.2, 0.25) is 0 Å². The molecular formula is C11H17N3O2S. The SMILES string of the molecule is CC(NC(=O)C(C)(C)C(N)=NO)c1cccs1. The van der Waals surface area contributed by atoms with Gasteiger partial charge < -0.3 is 16.3 Å². The number of thiophene rings is 1. The van der Waals surface area contributed by atoms with Crippen molar-refractivity contribution in [1.82, 2.24) is 5.32 Å². The summed E-state index contributed by atoms with van der Waals surface area (Å²) >= 11 is 1.57. The van der Waals surface area contributed by atoms with Crippen LogP contribution in [0, 0.1) is 5.41 Å². The minimum Gasteiger partial charge on any atom is -0.409 e. The third kappa shape index (κ3) is 2.97. The summed E-state index contributed by atoms with van der Waals surface area (Å²) in [6.07, 6.45) is 0. The Balaban J connectivity index is 2.73. The summed E-state index contributed by atoms with van der Waals surface area (Å²) < 4.78 is 0. The number of amides is 1. The number of amidine groups is 1. The summed E-state index contributed by atoms with van der Waals surface area (Å²) in [6.45, 7) is 5.11. The number of carbonyl (C=O) groups excluding carboxylic acids is 1. The van der Waals surface area contributed by atoms with E-state index in [0.717, 1.165) is 4.88 Å². The zero-order valence-corrected chi connectivity index (χ0v) is 10.9. The van der Waals surface area contributed by atoms with E-state index in [1.807, 2.05) is 24.4 Å².